The molecule has 26 heavy (non-hydrogen) atoms. The van der Waals surface area contributed by atoms with Crippen molar-refractivity contribution in [2.75, 3.05) is 19.6 Å². The first-order valence-corrected chi connectivity index (χ1v) is 9.00. The molecule has 136 valence electrons. The molecule has 0 bridgehead atoms. The third-order valence-electron chi connectivity index (χ3n) is 4.58. The Hall–Kier alpha value is -2.89. The Morgan fingerprint density at radius 2 is 1.85 bits per heavy atom. The van der Waals surface area contributed by atoms with Gasteiger partial charge in [-0.2, -0.15) is 0 Å². The molecular formula is C20H23N3O3. The standard InChI is InChI=1S/C20H23N3O3/c24-18-9-5-2-6-13-23(18)14-12-21-19(25)16-10-11-17(22-20(16)26)15-7-3-1-4-8-15/h1,3-4,7-8,10-11H,2,5-6,9,12-14H2,(H,21,25)(H,22,26). The molecule has 1 aromatic heterocycles. The molecule has 2 amide bonds. The fourth-order valence-electron chi connectivity index (χ4n) is 3.11. The van der Waals surface area contributed by atoms with E-state index in [2.05, 4.69) is 10.3 Å². The van der Waals surface area contributed by atoms with Crippen molar-refractivity contribution < 1.29 is 9.59 Å². The second-order valence-electron chi connectivity index (χ2n) is 6.43. The van der Waals surface area contributed by atoms with E-state index in [1.54, 1.807) is 11.0 Å². The Morgan fingerprint density at radius 1 is 1.04 bits per heavy atom. The van der Waals surface area contributed by atoms with Gasteiger partial charge in [0.15, 0.2) is 0 Å². The highest BCUT2D eigenvalue weighted by Crippen LogP contribution is 2.14. The Labute approximate surface area is 152 Å². The maximum absolute atomic E-state index is 12.3. The number of pyridine rings is 1. The summed E-state index contributed by atoms with van der Waals surface area (Å²) < 4.78 is 0. The molecule has 1 aliphatic heterocycles. The maximum atomic E-state index is 12.3. The van der Waals surface area contributed by atoms with E-state index in [0.29, 0.717) is 25.2 Å². The molecule has 2 heterocycles. The Balaban J connectivity index is 1.59. The summed E-state index contributed by atoms with van der Waals surface area (Å²) in [6, 6.07) is 12.7. The fraction of sp³-hybridized carbons (Fsp3) is 0.350. The number of rotatable bonds is 5. The summed E-state index contributed by atoms with van der Waals surface area (Å²) in [6.45, 7) is 1.55. The first-order valence-electron chi connectivity index (χ1n) is 9.00. The van der Waals surface area contributed by atoms with Crippen LogP contribution in [-0.2, 0) is 4.79 Å². The number of H-pyrrole nitrogens is 1. The lowest BCUT2D eigenvalue weighted by Crippen LogP contribution is -2.39. The van der Waals surface area contributed by atoms with Crippen molar-refractivity contribution in [2.45, 2.75) is 25.7 Å². The molecular weight excluding hydrogens is 330 g/mol. The third-order valence-corrected chi connectivity index (χ3v) is 4.58. The molecule has 1 saturated heterocycles. The number of likely N-dealkylation sites (tertiary alicyclic amines) is 1. The average molecular weight is 353 g/mol. The molecule has 2 aromatic rings. The third kappa shape index (κ3) is 4.39. The van der Waals surface area contributed by atoms with E-state index >= 15 is 0 Å². The number of hydrogen-bond acceptors (Lipinski definition) is 3. The van der Waals surface area contributed by atoms with Gasteiger partial charge in [0.1, 0.15) is 5.56 Å². The van der Waals surface area contributed by atoms with Crippen molar-refractivity contribution in [1.82, 2.24) is 15.2 Å². The number of amides is 2. The van der Waals surface area contributed by atoms with Crippen LogP contribution in [0, 0.1) is 0 Å². The summed E-state index contributed by atoms with van der Waals surface area (Å²) >= 11 is 0. The summed E-state index contributed by atoms with van der Waals surface area (Å²) in [6.07, 6.45) is 3.58. The molecule has 0 saturated carbocycles. The molecule has 6 heteroatoms. The van der Waals surface area contributed by atoms with Gasteiger partial charge in [-0.3, -0.25) is 14.4 Å². The lowest BCUT2D eigenvalue weighted by Gasteiger charge is -2.20. The molecule has 0 spiro atoms. The minimum absolute atomic E-state index is 0.0758. The summed E-state index contributed by atoms with van der Waals surface area (Å²) in [5.74, 6) is -0.282. The molecule has 6 nitrogen and oxygen atoms in total. The van der Waals surface area contributed by atoms with Crippen LogP contribution in [0.1, 0.15) is 36.0 Å². The smallest absolute Gasteiger partial charge is 0.261 e. The fourth-order valence-corrected chi connectivity index (χ4v) is 3.11. The number of hydrogen-bond donors (Lipinski definition) is 2. The van der Waals surface area contributed by atoms with Crippen LogP contribution in [0.4, 0.5) is 0 Å². The van der Waals surface area contributed by atoms with Crippen molar-refractivity contribution >= 4 is 11.8 Å². The van der Waals surface area contributed by atoms with Gasteiger partial charge >= 0.3 is 0 Å². The van der Waals surface area contributed by atoms with Gasteiger partial charge in [0.2, 0.25) is 5.91 Å². The van der Waals surface area contributed by atoms with Crippen molar-refractivity contribution in [3.63, 3.8) is 0 Å². The van der Waals surface area contributed by atoms with Crippen LogP contribution in [0.25, 0.3) is 11.3 Å². The average Bonchev–Trinajstić information content (AvgIpc) is 2.86. The summed E-state index contributed by atoms with van der Waals surface area (Å²) in [7, 11) is 0. The molecule has 1 fully saturated rings. The van der Waals surface area contributed by atoms with E-state index in [1.165, 1.54) is 6.07 Å². The number of carbonyl (C=O) groups is 2. The summed E-state index contributed by atoms with van der Waals surface area (Å²) in [5.41, 5.74) is 1.21. The van der Waals surface area contributed by atoms with E-state index in [-0.39, 0.29) is 11.5 Å². The number of aromatic nitrogens is 1. The van der Waals surface area contributed by atoms with E-state index in [4.69, 9.17) is 0 Å². The number of nitrogens with one attached hydrogen (secondary N) is 2. The second-order valence-corrected chi connectivity index (χ2v) is 6.43. The van der Waals surface area contributed by atoms with Crippen LogP contribution >= 0.6 is 0 Å². The van der Waals surface area contributed by atoms with Gasteiger partial charge in [-0.25, -0.2) is 0 Å². The van der Waals surface area contributed by atoms with Crippen LogP contribution in [0.5, 0.6) is 0 Å². The van der Waals surface area contributed by atoms with Gasteiger partial charge in [-0.15, -0.1) is 0 Å². The molecule has 1 aliphatic rings. The van der Waals surface area contributed by atoms with Crippen molar-refractivity contribution in [3.8, 4) is 11.3 Å². The molecule has 1 aromatic carbocycles. The lowest BCUT2D eigenvalue weighted by atomic mass is 10.1. The molecule has 2 N–H and O–H groups in total. The molecule has 0 radical (unpaired) electrons. The highest BCUT2D eigenvalue weighted by atomic mass is 16.2. The normalized spacial score (nSPS) is 14.8. The van der Waals surface area contributed by atoms with Gasteiger partial charge in [0, 0.05) is 31.7 Å². The predicted octanol–water partition coefficient (Wildman–Crippen LogP) is 2.17. The van der Waals surface area contributed by atoms with Gasteiger partial charge in [-0.1, -0.05) is 36.8 Å². The Bertz CT molecular complexity index is 830. The zero-order chi connectivity index (χ0) is 18.4. The lowest BCUT2D eigenvalue weighted by molar-refractivity contribution is -0.130. The van der Waals surface area contributed by atoms with Crippen LogP contribution in [0.3, 0.4) is 0 Å². The van der Waals surface area contributed by atoms with E-state index < -0.39 is 11.5 Å². The van der Waals surface area contributed by atoms with Crippen molar-refractivity contribution in [3.05, 3.63) is 58.4 Å². The highest BCUT2D eigenvalue weighted by Gasteiger charge is 2.17. The number of benzene rings is 1. The molecule has 0 aliphatic carbocycles. The topological polar surface area (TPSA) is 82.3 Å². The number of nitrogens with zero attached hydrogens (tertiary/aromatic N) is 1. The van der Waals surface area contributed by atoms with Crippen molar-refractivity contribution in [1.29, 1.82) is 0 Å². The zero-order valence-corrected chi connectivity index (χ0v) is 14.7. The van der Waals surface area contributed by atoms with E-state index in [9.17, 15) is 14.4 Å². The van der Waals surface area contributed by atoms with Crippen LogP contribution < -0.4 is 10.9 Å². The quantitative estimate of drug-likeness (QED) is 0.864. The van der Waals surface area contributed by atoms with Gasteiger partial charge in [-0.05, 0) is 30.5 Å². The first kappa shape index (κ1) is 17.9. The Kier molecular flexibility index (Phi) is 5.84. The molecule has 0 unspecified atom stereocenters. The van der Waals surface area contributed by atoms with Gasteiger partial charge < -0.3 is 15.2 Å². The highest BCUT2D eigenvalue weighted by molar-refractivity contribution is 5.94. The zero-order valence-electron chi connectivity index (χ0n) is 14.7. The number of aromatic amines is 1. The SMILES string of the molecule is O=C(NCCN1CCCCCC1=O)c1ccc(-c2ccccc2)[nH]c1=O. The summed E-state index contributed by atoms with van der Waals surface area (Å²) in [5, 5.41) is 2.73. The van der Waals surface area contributed by atoms with E-state index in [1.807, 2.05) is 30.3 Å². The maximum Gasteiger partial charge on any atom is 0.261 e. The first-order chi connectivity index (χ1) is 12.6. The molecule has 0 atom stereocenters. The number of carbonyl (C=O) groups excluding carboxylic acids is 2. The minimum Gasteiger partial charge on any atom is -0.350 e. The van der Waals surface area contributed by atoms with Gasteiger partial charge in [0.05, 0.1) is 0 Å². The Morgan fingerprint density at radius 3 is 2.62 bits per heavy atom. The monoisotopic (exact) mass is 353 g/mol. The largest absolute Gasteiger partial charge is 0.350 e. The molecule has 3 rings (SSSR count). The van der Waals surface area contributed by atoms with Crippen LogP contribution in [0.2, 0.25) is 0 Å². The van der Waals surface area contributed by atoms with Gasteiger partial charge in [0.25, 0.3) is 11.5 Å². The minimum atomic E-state index is -0.423. The van der Waals surface area contributed by atoms with Crippen LogP contribution in [0.15, 0.2) is 47.3 Å². The predicted molar refractivity (Wildman–Crippen MR) is 99.9 cm³/mol. The van der Waals surface area contributed by atoms with Crippen molar-refractivity contribution in [2.24, 2.45) is 0 Å². The van der Waals surface area contributed by atoms with E-state index in [0.717, 1.165) is 31.4 Å². The van der Waals surface area contributed by atoms with Crippen LogP contribution in [-0.4, -0.2) is 41.3 Å². The summed E-state index contributed by atoms with van der Waals surface area (Å²) in [4.78, 5) is 41.0. The second kappa shape index (κ2) is 8.47.